The highest BCUT2D eigenvalue weighted by Gasteiger charge is 2.60. The van der Waals surface area contributed by atoms with Gasteiger partial charge in [-0.1, -0.05) is 0 Å². The monoisotopic (exact) mass is 1270 g/mol. The summed E-state index contributed by atoms with van der Waals surface area (Å²) in [7, 11) is -3.23. The molecule has 1 aromatic rings. The summed E-state index contributed by atoms with van der Waals surface area (Å²) in [6.07, 6.45) is -24.5. The number of guanidine groups is 2. The Bertz CT molecular complexity index is 2460. The van der Waals surface area contributed by atoms with E-state index in [1.54, 1.807) is 0 Å². The SMILES string of the molecule is CN[C@@H]1[C@H](O[C@H]2[C@H](O[C@H]3[C@H](O)[C@@H](O)[C@H](NC(=N)N)[C@@H](O)[C@@H]3NC(=N)N)O[C@@H](/C=N/NC(=O)c3ccncc3)[C@@]2(C)O)O[C@@H](CO)[C@H](O)[C@H]1O.NC[C@H]1O[C@H](O[C@H]2[C@H](O)[C@@H](O[C@H]3O[C@H](CO)[C@@H](O)[C@H](N)[C@H]3O)[C@H](N)C[C@@H]2N)[C@H](N)C[C@@H]1O.O=S(=O)(O)O. The van der Waals surface area contributed by atoms with Crippen molar-refractivity contribution in [2.24, 2.45) is 45.2 Å². The molecular weight excluding hydrogens is 1180 g/mol. The zero-order chi connectivity index (χ0) is 64.4. The van der Waals surface area contributed by atoms with E-state index in [-0.39, 0.29) is 24.9 Å². The number of hydrazone groups is 1. The molecule has 2 saturated carbocycles. The van der Waals surface area contributed by atoms with Crippen LogP contribution in [0.1, 0.15) is 30.1 Å². The third-order valence-electron chi connectivity index (χ3n) is 15.0. The summed E-state index contributed by atoms with van der Waals surface area (Å²) >= 11 is 0. The molecule has 29 atom stereocenters. The van der Waals surface area contributed by atoms with E-state index in [0.717, 1.165) is 6.21 Å². The quantitative estimate of drug-likeness (QED) is 0.0298. The lowest BCUT2D eigenvalue weighted by atomic mass is 9.81. The molecule has 494 valence electrons. The van der Waals surface area contributed by atoms with Gasteiger partial charge < -0.3 is 155 Å². The van der Waals surface area contributed by atoms with Crippen molar-refractivity contribution >= 4 is 34.4 Å². The number of aromatic nitrogens is 1. The van der Waals surface area contributed by atoms with Crippen molar-refractivity contribution in [3.63, 3.8) is 0 Å². The van der Waals surface area contributed by atoms with Gasteiger partial charge in [-0.2, -0.15) is 13.5 Å². The molecule has 1 amide bonds. The number of ether oxygens (including phenoxy) is 8. The third-order valence-corrected chi connectivity index (χ3v) is 15.0. The summed E-state index contributed by atoms with van der Waals surface area (Å²) in [5, 5.41) is 153. The highest BCUT2D eigenvalue weighted by molar-refractivity contribution is 7.79. The molecule has 7 rings (SSSR count). The van der Waals surface area contributed by atoms with E-state index in [1.165, 1.54) is 38.5 Å². The van der Waals surface area contributed by atoms with Crippen LogP contribution in [0.3, 0.4) is 0 Å². The summed E-state index contributed by atoms with van der Waals surface area (Å²) < 4.78 is 78.1. The average molecular weight is 1270 g/mol. The van der Waals surface area contributed by atoms with E-state index >= 15 is 0 Å². The van der Waals surface area contributed by atoms with E-state index < -0.39 is 218 Å². The van der Waals surface area contributed by atoms with E-state index in [4.69, 9.17) is 106 Å². The third kappa shape index (κ3) is 18.0. The number of carbonyl (C=O) groups excluding carboxylic acids is 1. The Kier molecular flexibility index (Phi) is 26.4. The summed E-state index contributed by atoms with van der Waals surface area (Å²) in [4.78, 5) is 16.3. The predicted molar refractivity (Wildman–Crippen MR) is 288 cm³/mol. The van der Waals surface area contributed by atoms with E-state index in [1.807, 2.05) is 0 Å². The lowest BCUT2D eigenvalue weighted by molar-refractivity contribution is -0.316. The van der Waals surface area contributed by atoms with Gasteiger partial charge in [0.25, 0.3) is 5.91 Å². The molecule has 0 spiro atoms. The zero-order valence-corrected chi connectivity index (χ0v) is 47.0. The van der Waals surface area contributed by atoms with E-state index in [0.29, 0.717) is 0 Å². The molecule has 6 fully saturated rings. The molecule has 1 aromatic heterocycles. The van der Waals surface area contributed by atoms with Crippen molar-refractivity contribution in [1.82, 2.24) is 26.4 Å². The molecule has 0 unspecified atom stereocenters. The summed E-state index contributed by atoms with van der Waals surface area (Å²) in [6, 6.07) is -4.40. The fraction of sp³-hybridized carbons (Fsp3) is 0.800. The molecule has 6 aliphatic rings. The summed E-state index contributed by atoms with van der Waals surface area (Å²) in [6.45, 7) is 0.0466. The molecule has 4 saturated heterocycles. The number of rotatable bonds is 17. The van der Waals surface area contributed by atoms with Crippen molar-refractivity contribution < 1.29 is 121 Å². The van der Waals surface area contributed by atoms with Crippen LogP contribution in [0.4, 0.5) is 0 Å². The maximum absolute atomic E-state index is 12.5. The number of nitrogens with zero attached hydrogens (tertiary/aromatic N) is 2. The van der Waals surface area contributed by atoms with Gasteiger partial charge in [0.05, 0.1) is 67.9 Å². The minimum atomic E-state index is -4.67. The maximum atomic E-state index is 12.5. The molecule has 5 heterocycles. The number of nitrogens with one attached hydrogen (secondary N) is 6. The van der Waals surface area contributed by atoms with Gasteiger partial charge in [0.2, 0.25) is 0 Å². The van der Waals surface area contributed by atoms with Gasteiger partial charge in [-0.05, 0) is 38.9 Å². The predicted octanol–water partition coefficient (Wildman–Crippen LogP) is -14.1. The van der Waals surface area contributed by atoms with Crippen molar-refractivity contribution in [1.29, 1.82) is 10.8 Å². The molecule has 0 bridgehead atoms. The van der Waals surface area contributed by atoms with Gasteiger partial charge in [-0.15, -0.1) is 0 Å². The normalized spacial score (nSPS) is 43.6. The fourth-order valence-electron chi connectivity index (χ4n) is 10.3. The molecular formula is C45H83N15O25S. The number of pyridine rings is 1. The molecule has 41 heteroatoms. The smallest absolute Gasteiger partial charge is 0.394 e. The Morgan fingerprint density at radius 2 is 1.20 bits per heavy atom. The number of aliphatic hydroxyl groups is 12. The zero-order valence-electron chi connectivity index (χ0n) is 46.2. The van der Waals surface area contributed by atoms with E-state index in [2.05, 4.69) is 31.5 Å². The Morgan fingerprint density at radius 1 is 0.686 bits per heavy atom. The maximum Gasteiger partial charge on any atom is 0.394 e. The van der Waals surface area contributed by atoms with Crippen LogP contribution in [-0.2, 0) is 48.3 Å². The molecule has 0 aromatic carbocycles. The largest absolute Gasteiger partial charge is 0.394 e. The van der Waals surface area contributed by atoms with Crippen LogP contribution in [0.5, 0.6) is 0 Å². The minimum Gasteiger partial charge on any atom is -0.394 e. The van der Waals surface area contributed by atoms with Gasteiger partial charge >= 0.3 is 10.4 Å². The van der Waals surface area contributed by atoms with Crippen molar-refractivity contribution in [3.05, 3.63) is 30.1 Å². The second-order valence-electron chi connectivity index (χ2n) is 21.2. The van der Waals surface area contributed by atoms with Gasteiger partial charge in [0.1, 0.15) is 91.1 Å². The Balaban J connectivity index is 0.000000313. The molecule has 40 nitrogen and oxygen atoms in total. The highest BCUT2D eigenvalue weighted by atomic mass is 32.3. The first-order valence-electron chi connectivity index (χ1n) is 26.5. The van der Waals surface area contributed by atoms with Crippen LogP contribution >= 0.6 is 0 Å². The average Bonchev–Trinajstić information content (AvgIpc) is 1.55. The summed E-state index contributed by atoms with van der Waals surface area (Å²) in [5.41, 5.74) is 41.1. The van der Waals surface area contributed by atoms with Crippen molar-refractivity contribution in [3.8, 4) is 0 Å². The number of aliphatic hydroxyl groups excluding tert-OH is 11. The van der Waals surface area contributed by atoms with Gasteiger partial charge in [0.15, 0.2) is 37.1 Å². The fourth-order valence-corrected chi connectivity index (χ4v) is 10.3. The topological polar surface area (TPSA) is 711 Å². The van der Waals surface area contributed by atoms with Crippen LogP contribution in [0, 0.1) is 10.8 Å². The van der Waals surface area contributed by atoms with E-state index in [9.17, 15) is 66.1 Å². The lowest BCUT2D eigenvalue weighted by Crippen LogP contribution is -2.73. The molecule has 2 aliphatic carbocycles. The first-order chi connectivity index (χ1) is 40.2. The van der Waals surface area contributed by atoms with Crippen LogP contribution < -0.4 is 61.5 Å². The van der Waals surface area contributed by atoms with Crippen LogP contribution in [0.2, 0.25) is 0 Å². The number of carbonyl (C=O) groups is 1. The number of hydrogen-bond donors (Lipinski definition) is 27. The van der Waals surface area contributed by atoms with Crippen molar-refractivity contribution in [2.45, 2.75) is 197 Å². The van der Waals surface area contributed by atoms with Gasteiger partial charge in [0, 0.05) is 36.6 Å². The Hall–Kier alpha value is -4.34. The van der Waals surface area contributed by atoms with Crippen LogP contribution in [0.25, 0.3) is 0 Å². The molecule has 86 heavy (non-hydrogen) atoms. The second kappa shape index (κ2) is 31.4. The minimum absolute atomic E-state index is 0.0542. The summed E-state index contributed by atoms with van der Waals surface area (Å²) in [5.74, 6) is -1.93. The Labute approximate surface area is 490 Å². The second-order valence-corrected chi connectivity index (χ2v) is 22.1. The standard InChI is InChI=1S/C27H44N10O12.C18H37N5O9.H2O4S/c1-27(45)11(7-34-37-22(44)9-3-5-33-6-4-9)47-24(21(27)49-23-14(32-2)18(42)15(39)10(8-38)46-23)48-20-13(36-26(30)31)16(40)12(35-25(28)29)17(41)19(20)43;19-3-9-8(25)2-7(22)17(29-9)31-15-5(20)1-6(21)16(14(15)28)32-18-13(27)11(23)12(26)10(4-24)30-18;1-5(2,3)4/h3-7,10-21,23-24,32,38-43,45H,8H2,1-2H3,(H,37,44)(H4,28,29,35)(H4,30,31,36);5-18,24-28H,1-4,19-23H2;(H2,1,2,3,4)/b34-7+;;/t10-,11-,12+,13-,14-,15-,16+,17-,18-,19+,20+,21-,23-,24-,27+;5-,6+,7+,8-,9+,10+,11-,12+,13+,14-,15+,16-,17+,18+;/m00./s1. The van der Waals surface area contributed by atoms with Crippen molar-refractivity contribution in [2.75, 3.05) is 26.8 Å². The number of nitrogens with two attached hydrogens (primary N) is 7. The first kappa shape index (κ1) is 72.4. The first-order valence-corrected chi connectivity index (χ1v) is 27.9. The van der Waals surface area contributed by atoms with Gasteiger partial charge in [-0.3, -0.25) is 29.7 Å². The number of hydrogen-bond acceptors (Lipinski definition) is 33. The lowest BCUT2D eigenvalue weighted by Gasteiger charge is -2.47. The molecule has 0 radical (unpaired) electrons. The van der Waals surface area contributed by atoms with Gasteiger partial charge in [-0.25, -0.2) is 5.43 Å². The van der Waals surface area contributed by atoms with Crippen LogP contribution in [-0.4, -0.2) is 311 Å². The highest BCUT2D eigenvalue weighted by Crippen LogP contribution is 2.39. The Morgan fingerprint density at radius 3 is 1.74 bits per heavy atom. The number of amides is 1. The molecule has 34 N–H and O–H groups in total. The molecule has 4 aliphatic heterocycles. The number of likely N-dealkylation sites (N-methyl/N-ethyl adjacent to an activating group) is 1. The van der Waals surface area contributed by atoms with Crippen LogP contribution in [0.15, 0.2) is 29.6 Å².